The summed E-state index contributed by atoms with van der Waals surface area (Å²) in [6, 6.07) is 3.23. The predicted molar refractivity (Wildman–Crippen MR) is 91.5 cm³/mol. The third-order valence-electron chi connectivity index (χ3n) is 3.18. The summed E-state index contributed by atoms with van der Waals surface area (Å²) in [5.41, 5.74) is 0.979. The van der Waals surface area contributed by atoms with Crippen molar-refractivity contribution in [2.24, 2.45) is 4.99 Å². The third kappa shape index (κ3) is 5.16. The van der Waals surface area contributed by atoms with E-state index in [0.717, 1.165) is 22.8 Å². The van der Waals surface area contributed by atoms with E-state index in [1.807, 2.05) is 24.3 Å². The van der Waals surface area contributed by atoms with E-state index in [0.29, 0.717) is 19.0 Å². The number of hydrogen-bond acceptors (Lipinski definition) is 4. The van der Waals surface area contributed by atoms with Gasteiger partial charge in [-0.3, -0.25) is 4.99 Å². The molecule has 1 aromatic carbocycles. The van der Waals surface area contributed by atoms with Gasteiger partial charge in [0.1, 0.15) is 12.4 Å². The molecule has 8 heteroatoms. The van der Waals surface area contributed by atoms with Crippen LogP contribution in [-0.4, -0.2) is 43.1 Å². The molecular formula is C16H20F2N4OS. The van der Waals surface area contributed by atoms with Crippen molar-refractivity contribution in [1.82, 2.24) is 15.2 Å². The van der Waals surface area contributed by atoms with Gasteiger partial charge in [-0.15, -0.1) is 11.3 Å². The molecule has 2 rings (SSSR count). The largest absolute Gasteiger partial charge is 0.489 e. The van der Waals surface area contributed by atoms with Crippen LogP contribution in [0.1, 0.15) is 10.7 Å². The van der Waals surface area contributed by atoms with Crippen molar-refractivity contribution < 1.29 is 13.5 Å². The second kappa shape index (κ2) is 8.58. The Morgan fingerprint density at radius 1 is 1.42 bits per heavy atom. The number of benzene rings is 1. The van der Waals surface area contributed by atoms with Gasteiger partial charge in [-0.1, -0.05) is 0 Å². The number of guanidine groups is 1. The van der Waals surface area contributed by atoms with E-state index in [9.17, 15) is 8.78 Å². The molecule has 0 amide bonds. The molecule has 0 fully saturated rings. The first-order chi connectivity index (χ1) is 11.5. The molecule has 0 spiro atoms. The first kappa shape index (κ1) is 18.1. The normalized spacial score (nSPS) is 11.5. The monoisotopic (exact) mass is 354 g/mol. The highest BCUT2D eigenvalue weighted by Gasteiger charge is 2.09. The number of rotatable bonds is 6. The van der Waals surface area contributed by atoms with Gasteiger partial charge < -0.3 is 15.0 Å². The third-order valence-corrected chi connectivity index (χ3v) is 4.00. The van der Waals surface area contributed by atoms with Gasteiger partial charge in [0, 0.05) is 25.5 Å². The summed E-state index contributed by atoms with van der Waals surface area (Å²) in [5.74, 6) is -0.629. The minimum atomic E-state index is -0.713. The number of aryl methyl sites for hydroxylation is 1. The van der Waals surface area contributed by atoms with Crippen LogP contribution in [0.25, 0.3) is 0 Å². The van der Waals surface area contributed by atoms with Crippen molar-refractivity contribution in [3.05, 3.63) is 45.9 Å². The Morgan fingerprint density at radius 3 is 2.83 bits per heavy atom. The van der Waals surface area contributed by atoms with Crippen LogP contribution < -0.4 is 10.1 Å². The fraction of sp³-hybridized carbons (Fsp3) is 0.375. The molecule has 0 saturated carbocycles. The molecular weight excluding hydrogens is 334 g/mol. The van der Waals surface area contributed by atoms with Crippen molar-refractivity contribution in [3.8, 4) is 5.75 Å². The first-order valence-electron chi connectivity index (χ1n) is 7.40. The molecule has 0 aliphatic heterocycles. The number of aliphatic imine (C=N–C) groups is 1. The van der Waals surface area contributed by atoms with Gasteiger partial charge in [0.15, 0.2) is 17.5 Å². The van der Waals surface area contributed by atoms with E-state index >= 15 is 0 Å². The maximum Gasteiger partial charge on any atom is 0.193 e. The number of hydrogen-bond donors (Lipinski definition) is 1. The summed E-state index contributed by atoms with van der Waals surface area (Å²) < 4.78 is 31.6. The van der Waals surface area contributed by atoms with Crippen molar-refractivity contribution in [2.75, 3.05) is 27.2 Å². The minimum Gasteiger partial charge on any atom is -0.489 e. The summed E-state index contributed by atoms with van der Waals surface area (Å²) in [5, 5.41) is 6.16. The van der Waals surface area contributed by atoms with Crippen LogP contribution in [0, 0.1) is 18.6 Å². The lowest BCUT2D eigenvalue weighted by Gasteiger charge is -2.21. The van der Waals surface area contributed by atoms with E-state index in [-0.39, 0.29) is 12.4 Å². The zero-order valence-electron chi connectivity index (χ0n) is 13.8. The minimum absolute atomic E-state index is 0.0273. The molecule has 0 bridgehead atoms. The molecule has 2 aromatic rings. The predicted octanol–water partition coefficient (Wildman–Crippen LogP) is 2.82. The van der Waals surface area contributed by atoms with E-state index in [4.69, 9.17) is 4.74 Å². The van der Waals surface area contributed by atoms with Gasteiger partial charge in [0.2, 0.25) is 0 Å². The second-order valence-corrected chi connectivity index (χ2v) is 6.17. The lowest BCUT2D eigenvalue weighted by Crippen LogP contribution is -2.40. The molecule has 0 atom stereocenters. The summed E-state index contributed by atoms with van der Waals surface area (Å²) >= 11 is 1.61. The Bertz CT molecular complexity index is 705. The molecule has 1 N–H and O–H groups in total. The van der Waals surface area contributed by atoms with E-state index < -0.39 is 11.6 Å². The van der Waals surface area contributed by atoms with E-state index in [1.165, 1.54) is 6.07 Å². The zero-order valence-corrected chi connectivity index (χ0v) is 14.7. The average Bonchev–Trinajstić information content (AvgIpc) is 2.94. The van der Waals surface area contributed by atoms with Gasteiger partial charge in [0.25, 0.3) is 0 Å². The van der Waals surface area contributed by atoms with Gasteiger partial charge >= 0.3 is 0 Å². The Kier molecular flexibility index (Phi) is 6.48. The SMILES string of the molecule is CN=C(NCCOc1ccc(F)cc1F)N(C)Cc1csc(C)n1. The smallest absolute Gasteiger partial charge is 0.193 e. The van der Waals surface area contributed by atoms with Crippen LogP contribution in [-0.2, 0) is 6.54 Å². The van der Waals surface area contributed by atoms with Crippen molar-refractivity contribution in [1.29, 1.82) is 0 Å². The average molecular weight is 354 g/mol. The molecule has 130 valence electrons. The van der Waals surface area contributed by atoms with Crippen LogP contribution in [0.3, 0.4) is 0 Å². The van der Waals surface area contributed by atoms with Gasteiger partial charge in [-0.05, 0) is 19.1 Å². The zero-order chi connectivity index (χ0) is 17.5. The summed E-state index contributed by atoms with van der Waals surface area (Å²) in [4.78, 5) is 10.5. The molecule has 1 aromatic heterocycles. The molecule has 24 heavy (non-hydrogen) atoms. The number of nitrogens with zero attached hydrogens (tertiary/aromatic N) is 3. The Balaban J connectivity index is 1.78. The number of halogens is 2. The fourth-order valence-electron chi connectivity index (χ4n) is 2.10. The Labute approximate surface area is 144 Å². The summed E-state index contributed by atoms with van der Waals surface area (Å²) in [6.07, 6.45) is 0. The van der Waals surface area contributed by atoms with Crippen molar-refractivity contribution >= 4 is 17.3 Å². The van der Waals surface area contributed by atoms with E-state index in [2.05, 4.69) is 15.3 Å². The topological polar surface area (TPSA) is 49.8 Å². The standard InChI is InChI=1S/C16H20F2N4OS/c1-11-21-13(10-24-11)9-22(3)16(19-2)20-6-7-23-15-5-4-12(17)8-14(15)18/h4-5,8,10H,6-7,9H2,1-3H3,(H,19,20). The molecule has 0 saturated heterocycles. The van der Waals surface area contributed by atoms with Crippen LogP contribution in [0.5, 0.6) is 5.75 Å². The van der Waals surface area contributed by atoms with Gasteiger partial charge in [-0.25, -0.2) is 13.8 Å². The quantitative estimate of drug-likeness (QED) is 0.492. The summed E-state index contributed by atoms with van der Waals surface area (Å²) in [7, 11) is 3.59. The van der Waals surface area contributed by atoms with Gasteiger partial charge in [-0.2, -0.15) is 0 Å². The number of aromatic nitrogens is 1. The van der Waals surface area contributed by atoms with Crippen molar-refractivity contribution in [3.63, 3.8) is 0 Å². The maximum absolute atomic E-state index is 13.5. The molecule has 0 radical (unpaired) electrons. The molecule has 5 nitrogen and oxygen atoms in total. The first-order valence-corrected chi connectivity index (χ1v) is 8.28. The summed E-state index contributed by atoms with van der Waals surface area (Å²) in [6.45, 7) is 3.26. The molecule has 0 aliphatic carbocycles. The van der Waals surface area contributed by atoms with Crippen LogP contribution in [0.15, 0.2) is 28.6 Å². The van der Waals surface area contributed by atoms with Crippen LogP contribution >= 0.6 is 11.3 Å². The Hall–Kier alpha value is -2.22. The lowest BCUT2D eigenvalue weighted by molar-refractivity contribution is 0.302. The van der Waals surface area contributed by atoms with Crippen molar-refractivity contribution in [2.45, 2.75) is 13.5 Å². The Morgan fingerprint density at radius 2 is 2.21 bits per heavy atom. The van der Waals surface area contributed by atoms with Crippen LogP contribution in [0.4, 0.5) is 8.78 Å². The number of thiazole rings is 1. The van der Waals surface area contributed by atoms with Gasteiger partial charge in [0.05, 0.1) is 23.8 Å². The van der Waals surface area contributed by atoms with E-state index in [1.54, 1.807) is 18.4 Å². The highest BCUT2D eigenvalue weighted by molar-refractivity contribution is 7.09. The second-order valence-electron chi connectivity index (χ2n) is 5.11. The number of nitrogens with one attached hydrogen (secondary N) is 1. The van der Waals surface area contributed by atoms with Crippen LogP contribution in [0.2, 0.25) is 0 Å². The maximum atomic E-state index is 13.5. The number of ether oxygens (including phenoxy) is 1. The highest BCUT2D eigenvalue weighted by atomic mass is 32.1. The molecule has 0 unspecified atom stereocenters. The fourth-order valence-corrected chi connectivity index (χ4v) is 2.70. The lowest BCUT2D eigenvalue weighted by atomic mass is 10.3. The molecule has 0 aliphatic rings. The highest BCUT2D eigenvalue weighted by Crippen LogP contribution is 2.17. The molecule has 1 heterocycles.